The highest BCUT2D eigenvalue weighted by molar-refractivity contribution is 9.10. The maximum Gasteiger partial charge on any atom is 0.227 e. The molecule has 1 saturated heterocycles. The molecule has 1 amide bonds. The number of anilines is 1. The van der Waals surface area contributed by atoms with Crippen molar-refractivity contribution in [3.63, 3.8) is 0 Å². The summed E-state index contributed by atoms with van der Waals surface area (Å²) in [6.07, 6.45) is 0.447. The normalized spacial score (nSPS) is 16.0. The summed E-state index contributed by atoms with van der Waals surface area (Å²) in [4.78, 5) is 19.8. The molecule has 0 aliphatic carbocycles. The summed E-state index contributed by atoms with van der Waals surface area (Å²) in [6.45, 7) is 6.01. The van der Waals surface area contributed by atoms with Crippen LogP contribution in [0.25, 0.3) is 11.0 Å². The fourth-order valence-corrected chi connectivity index (χ4v) is 4.98. The first-order valence-corrected chi connectivity index (χ1v) is 12.0. The number of carbonyl (C=O) groups excluding carboxylic acids is 1. The van der Waals surface area contributed by atoms with Crippen LogP contribution in [0, 0.1) is 13.8 Å². The molecule has 0 spiro atoms. The third-order valence-corrected chi connectivity index (χ3v) is 7.05. The van der Waals surface area contributed by atoms with Crippen LogP contribution in [-0.4, -0.2) is 28.6 Å². The lowest BCUT2D eigenvalue weighted by Crippen LogP contribution is -2.25. The number of nitrogens with zero attached hydrogens (tertiary/aromatic N) is 3. The first-order valence-electron chi connectivity index (χ1n) is 11.2. The molecule has 0 radical (unpaired) electrons. The Labute approximate surface area is 202 Å². The molecular weight excluding hydrogens is 478 g/mol. The lowest BCUT2D eigenvalue weighted by atomic mass is 10.1. The molecule has 1 fully saturated rings. The van der Waals surface area contributed by atoms with E-state index in [1.807, 2.05) is 53.4 Å². The van der Waals surface area contributed by atoms with Crippen molar-refractivity contribution < 1.29 is 9.53 Å². The van der Waals surface area contributed by atoms with Gasteiger partial charge in [-0.3, -0.25) is 4.79 Å². The molecule has 6 heteroatoms. The molecule has 1 aromatic heterocycles. The van der Waals surface area contributed by atoms with Crippen molar-refractivity contribution in [2.45, 2.75) is 32.7 Å². The molecule has 4 aromatic rings. The number of aromatic nitrogens is 2. The van der Waals surface area contributed by atoms with Gasteiger partial charge in [-0.1, -0.05) is 30.3 Å². The van der Waals surface area contributed by atoms with Gasteiger partial charge < -0.3 is 14.2 Å². The Kier molecular flexibility index (Phi) is 5.94. The molecule has 0 saturated carbocycles. The van der Waals surface area contributed by atoms with E-state index in [-0.39, 0.29) is 11.8 Å². The van der Waals surface area contributed by atoms with E-state index >= 15 is 0 Å². The number of aryl methyl sites for hydroxylation is 2. The molecular formula is C27H26BrN3O2. The third-order valence-electron chi connectivity index (χ3n) is 6.38. The van der Waals surface area contributed by atoms with Crippen LogP contribution in [-0.2, 0) is 11.3 Å². The quantitative estimate of drug-likeness (QED) is 0.323. The molecule has 3 aromatic carbocycles. The molecule has 33 heavy (non-hydrogen) atoms. The van der Waals surface area contributed by atoms with Crippen LogP contribution in [0.4, 0.5) is 5.69 Å². The smallest absolute Gasteiger partial charge is 0.227 e. The second kappa shape index (κ2) is 9.02. The van der Waals surface area contributed by atoms with Crippen molar-refractivity contribution in [1.29, 1.82) is 0 Å². The number of imidazole rings is 1. The van der Waals surface area contributed by atoms with E-state index < -0.39 is 0 Å². The fourth-order valence-electron chi connectivity index (χ4n) is 4.48. The molecule has 1 aliphatic heterocycles. The average molecular weight is 504 g/mol. The number of hydrogen-bond acceptors (Lipinski definition) is 3. The number of halogens is 1. The molecule has 5 nitrogen and oxygen atoms in total. The summed E-state index contributed by atoms with van der Waals surface area (Å²) in [7, 11) is 0. The Balaban J connectivity index is 1.40. The van der Waals surface area contributed by atoms with E-state index in [2.05, 4.69) is 52.5 Å². The summed E-state index contributed by atoms with van der Waals surface area (Å²) in [6, 6.07) is 22.2. The van der Waals surface area contributed by atoms with Gasteiger partial charge in [0.2, 0.25) is 5.91 Å². The Morgan fingerprint density at radius 1 is 1.03 bits per heavy atom. The minimum atomic E-state index is 0.0265. The number of ether oxygens (including phenoxy) is 1. The number of amides is 1. The number of rotatable bonds is 6. The first kappa shape index (κ1) is 21.7. The highest BCUT2D eigenvalue weighted by atomic mass is 79.9. The van der Waals surface area contributed by atoms with Crippen molar-refractivity contribution in [2.24, 2.45) is 0 Å². The van der Waals surface area contributed by atoms with Gasteiger partial charge in [-0.25, -0.2) is 4.98 Å². The Bertz CT molecular complexity index is 1330. The van der Waals surface area contributed by atoms with E-state index in [9.17, 15) is 4.79 Å². The minimum Gasteiger partial charge on any atom is -0.492 e. The van der Waals surface area contributed by atoms with Gasteiger partial charge in [0.25, 0.3) is 0 Å². The van der Waals surface area contributed by atoms with E-state index in [4.69, 9.17) is 9.72 Å². The molecule has 2 heterocycles. The molecule has 5 rings (SSSR count). The van der Waals surface area contributed by atoms with Crippen molar-refractivity contribution in [3.8, 4) is 5.75 Å². The van der Waals surface area contributed by atoms with Crippen molar-refractivity contribution >= 4 is 38.6 Å². The van der Waals surface area contributed by atoms with Gasteiger partial charge in [-0.05, 0) is 77.3 Å². The number of hydrogen-bond donors (Lipinski definition) is 0. The lowest BCUT2D eigenvalue weighted by molar-refractivity contribution is -0.117. The zero-order chi connectivity index (χ0) is 22.9. The average Bonchev–Trinajstić information content (AvgIpc) is 3.37. The molecule has 0 N–H and O–H groups in total. The van der Waals surface area contributed by atoms with Gasteiger partial charge in [0, 0.05) is 23.4 Å². The highest BCUT2D eigenvalue weighted by Gasteiger charge is 2.35. The number of fused-ring (bicyclic) bond motifs is 1. The zero-order valence-corrected chi connectivity index (χ0v) is 20.4. The van der Waals surface area contributed by atoms with Gasteiger partial charge in [0.05, 0.1) is 23.3 Å². The van der Waals surface area contributed by atoms with Crippen LogP contribution in [0.15, 0.2) is 71.2 Å². The predicted octanol–water partition coefficient (Wildman–Crippen LogP) is 6.02. The molecule has 1 aliphatic rings. The summed E-state index contributed by atoms with van der Waals surface area (Å²) in [5.41, 5.74) is 5.41. The highest BCUT2D eigenvalue weighted by Crippen LogP contribution is 2.36. The Hall–Kier alpha value is -3.12. The largest absolute Gasteiger partial charge is 0.492 e. The van der Waals surface area contributed by atoms with Gasteiger partial charge >= 0.3 is 0 Å². The van der Waals surface area contributed by atoms with Gasteiger partial charge in [-0.2, -0.15) is 0 Å². The van der Waals surface area contributed by atoms with Crippen molar-refractivity contribution in [2.75, 3.05) is 18.1 Å². The fraction of sp³-hybridized carbons (Fsp3) is 0.259. The standard InChI is InChI=1S/C27H26BrN3O2/c1-18-11-12-21(15-19(18)2)33-14-13-30-25-10-6-4-8-23(25)29-27(30)20-16-26(32)31(17-20)24-9-5-3-7-22(24)28/h3-12,15,20H,13-14,16-17H2,1-2H3. The zero-order valence-electron chi connectivity index (χ0n) is 18.8. The van der Waals surface area contributed by atoms with E-state index in [1.165, 1.54) is 11.1 Å². The van der Waals surface area contributed by atoms with Crippen LogP contribution in [0.2, 0.25) is 0 Å². The van der Waals surface area contributed by atoms with Crippen LogP contribution in [0.1, 0.15) is 29.3 Å². The molecule has 1 unspecified atom stereocenters. The van der Waals surface area contributed by atoms with Gasteiger partial charge in [0.15, 0.2) is 0 Å². The van der Waals surface area contributed by atoms with Crippen LogP contribution in [0.3, 0.4) is 0 Å². The SMILES string of the molecule is Cc1ccc(OCCn2c(C3CC(=O)N(c4ccccc4Br)C3)nc3ccccc32)cc1C. The Morgan fingerprint density at radius 2 is 1.82 bits per heavy atom. The van der Waals surface area contributed by atoms with Crippen molar-refractivity contribution in [3.05, 3.63) is 88.2 Å². The predicted molar refractivity (Wildman–Crippen MR) is 135 cm³/mol. The molecule has 0 bridgehead atoms. The molecule has 1 atom stereocenters. The maximum atomic E-state index is 12.9. The van der Waals surface area contributed by atoms with Gasteiger partial charge in [0.1, 0.15) is 18.2 Å². The van der Waals surface area contributed by atoms with Crippen molar-refractivity contribution in [1.82, 2.24) is 9.55 Å². The van der Waals surface area contributed by atoms with Crippen LogP contribution in [0.5, 0.6) is 5.75 Å². The number of benzene rings is 3. The second-order valence-corrected chi connectivity index (χ2v) is 9.42. The van der Waals surface area contributed by atoms with Gasteiger partial charge in [-0.15, -0.1) is 0 Å². The van der Waals surface area contributed by atoms with Crippen LogP contribution < -0.4 is 9.64 Å². The number of carbonyl (C=O) groups is 1. The minimum absolute atomic E-state index is 0.0265. The summed E-state index contributed by atoms with van der Waals surface area (Å²) >= 11 is 3.59. The topological polar surface area (TPSA) is 47.4 Å². The monoisotopic (exact) mass is 503 g/mol. The molecule has 168 valence electrons. The summed E-state index contributed by atoms with van der Waals surface area (Å²) in [5.74, 6) is 1.97. The van der Waals surface area contributed by atoms with E-state index in [0.717, 1.165) is 32.8 Å². The Morgan fingerprint density at radius 3 is 2.64 bits per heavy atom. The maximum absolute atomic E-state index is 12.9. The third kappa shape index (κ3) is 4.27. The van der Waals surface area contributed by atoms with E-state index in [0.29, 0.717) is 26.1 Å². The first-order chi connectivity index (χ1) is 16.0. The summed E-state index contributed by atoms with van der Waals surface area (Å²) in [5, 5.41) is 0. The van der Waals surface area contributed by atoms with Crippen LogP contribution >= 0.6 is 15.9 Å². The number of para-hydroxylation sites is 3. The summed E-state index contributed by atoms with van der Waals surface area (Å²) < 4.78 is 9.22. The van der Waals surface area contributed by atoms with E-state index in [1.54, 1.807) is 0 Å². The second-order valence-electron chi connectivity index (χ2n) is 8.56. The lowest BCUT2D eigenvalue weighted by Gasteiger charge is -2.19.